The smallest absolute Gasteiger partial charge is 0.351 e. The van der Waals surface area contributed by atoms with Crippen molar-refractivity contribution in [1.82, 2.24) is 24.7 Å². The first-order valence-electron chi connectivity index (χ1n) is 7.40. The van der Waals surface area contributed by atoms with E-state index in [4.69, 9.17) is 11.6 Å². The molecular formula is C15H11ClF3N7O. The molecule has 3 aromatic heterocycles. The van der Waals surface area contributed by atoms with Gasteiger partial charge in [0, 0.05) is 12.3 Å². The number of pyridine rings is 1. The fraction of sp³-hybridized carbons (Fsp3) is 0.133. The SMILES string of the molecule is O=C(Nc1ccn(CC(F)(F)F)n1)c1nc(Cl)ccc1Nc1cncnc1. The van der Waals surface area contributed by atoms with E-state index in [-0.39, 0.29) is 16.7 Å². The van der Waals surface area contributed by atoms with Gasteiger partial charge < -0.3 is 10.6 Å². The van der Waals surface area contributed by atoms with E-state index < -0.39 is 18.6 Å². The maximum Gasteiger partial charge on any atom is 0.408 e. The molecule has 0 atom stereocenters. The van der Waals surface area contributed by atoms with Crippen LogP contribution in [-0.2, 0) is 6.54 Å². The van der Waals surface area contributed by atoms with Gasteiger partial charge >= 0.3 is 6.18 Å². The molecule has 0 aliphatic carbocycles. The third kappa shape index (κ3) is 5.14. The zero-order valence-corrected chi connectivity index (χ0v) is 14.2. The molecule has 3 heterocycles. The number of carbonyl (C=O) groups excluding carboxylic acids is 1. The second-order valence-corrected chi connectivity index (χ2v) is 5.64. The fourth-order valence-electron chi connectivity index (χ4n) is 2.10. The van der Waals surface area contributed by atoms with E-state index >= 15 is 0 Å². The van der Waals surface area contributed by atoms with Crippen LogP contribution in [0.15, 0.2) is 43.1 Å². The van der Waals surface area contributed by atoms with Crippen LogP contribution in [0.3, 0.4) is 0 Å². The van der Waals surface area contributed by atoms with Gasteiger partial charge in [0.1, 0.15) is 18.0 Å². The first-order valence-corrected chi connectivity index (χ1v) is 7.78. The van der Waals surface area contributed by atoms with Gasteiger partial charge in [0.25, 0.3) is 5.91 Å². The lowest BCUT2D eigenvalue weighted by atomic mass is 10.2. The van der Waals surface area contributed by atoms with E-state index in [0.29, 0.717) is 16.1 Å². The fourth-order valence-corrected chi connectivity index (χ4v) is 2.25. The van der Waals surface area contributed by atoms with Crippen LogP contribution in [0.25, 0.3) is 0 Å². The Bertz CT molecular complexity index is 946. The Kier molecular flexibility index (Phi) is 5.21. The Labute approximate surface area is 155 Å². The molecule has 0 aromatic carbocycles. The van der Waals surface area contributed by atoms with Crippen molar-refractivity contribution in [2.24, 2.45) is 0 Å². The number of hydrogen-bond donors (Lipinski definition) is 2. The van der Waals surface area contributed by atoms with Crippen LogP contribution in [0.4, 0.5) is 30.4 Å². The van der Waals surface area contributed by atoms with Crippen LogP contribution in [0.5, 0.6) is 0 Å². The van der Waals surface area contributed by atoms with Crippen LogP contribution in [0, 0.1) is 0 Å². The molecule has 0 bridgehead atoms. The van der Waals surface area contributed by atoms with E-state index in [2.05, 4.69) is 30.7 Å². The molecule has 8 nitrogen and oxygen atoms in total. The summed E-state index contributed by atoms with van der Waals surface area (Å²) in [7, 11) is 0. The molecule has 0 saturated heterocycles. The van der Waals surface area contributed by atoms with Crippen molar-refractivity contribution in [2.45, 2.75) is 12.7 Å². The summed E-state index contributed by atoms with van der Waals surface area (Å²) < 4.78 is 37.8. The van der Waals surface area contributed by atoms with E-state index in [9.17, 15) is 18.0 Å². The number of amides is 1. The maximum atomic E-state index is 12.5. The number of halogens is 4. The predicted octanol–water partition coefficient (Wildman–Crippen LogP) is 3.28. The van der Waals surface area contributed by atoms with Crippen LogP contribution in [-0.4, -0.2) is 36.8 Å². The van der Waals surface area contributed by atoms with Crippen molar-refractivity contribution >= 4 is 34.7 Å². The molecule has 0 spiro atoms. The number of nitrogens with one attached hydrogen (secondary N) is 2. The average Bonchev–Trinajstić information content (AvgIpc) is 3.02. The summed E-state index contributed by atoms with van der Waals surface area (Å²) in [5, 5.41) is 9.04. The van der Waals surface area contributed by atoms with E-state index in [0.717, 1.165) is 6.20 Å². The molecule has 0 radical (unpaired) electrons. The Balaban J connectivity index is 1.79. The van der Waals surface area contributed by atoms with Crippen molar-refractivity contribution in [3.8, 4) is 0 Å². The van der Waals surface area contributed by atoms with Gasteiger partial charge in [-0.15, -0.1) is 0 Å². The number of nitrogens with zero attached hydrogens (tertiary/aromatic N) is 5. The van der Waals surface area contributed by atoms with Gasteiger partial charge in [-0.05, 0) is 12.1 Å². The number of aromatic nitrogens is 5. The third-order valence-corrected chi connectivity index (χ3v) is 3.35. The predicted molar refractivity (Wildman–Crippen MR) is 90.8 cm³/mol. The first kappa shape index (κ1) is 18.6. The standard InChI is InChI=1S/C15H11ClF3N7O/c16-11-2-1-10(22-9-5-20-8-21-6-9)13(23-11)14(27)24-12-3-4-26(25-12)7-15(17,18)19/h1-6,8,22H,7H2,(H,24,25,27). The summed E-state index contributed by atoms with van der Waals surface area (Å²) in [6.45, 7) is -1.26. The molecule has 0 aliphatic rings. The number of rotatable bonds is 5. The van der Waals surface area contributed by atoms with Gasteiger partial charge in [0.05, 0.1) is 23.8 Å². The highest BCUT2D eigenvalue weighted by molar-refractivity contribution is 6.29. The summed E-state index contributed by atoms with van der Waals surface area (Å²) in [5.41, 5.74) is 0.739. The highest BCUT2D eigenvalue weighted by Gasteiger charge is 2.28. The zero-order chi connectivity index (χ0) is 19.4. The minimum Gasteiger partial charge on any atom is -0.351 e. The zero-order valence-electron chi connectivity index (χ0n) is 13.4. The van der Waals surface area contributed by atoms with Crippen molar-refractivity contribution in [1.29, 1.82) is 0 Å². The van der Waals surface area contributed by atoms with Crippen LogP contribution >= 0.6 is 11.6 Å². The third-order valence-electron chi connectivity index (χ3n) is 3.14. The average molecular weight is 398 g/mol. The highest BCUT2D eigenvalue weighted by atomic mass is 35.5. The number of hydrogen-bond acceptors (Lipinski definition) is 6. The number of anilines is 3. The molecule has 0 saturated carbocycles. The topological polar surface area (TPSA) is 97.6 Å². The minimum atomic E-state index is -4.42. The minimum absolute atomic E-state index is 0.0555. The van der Waals surface area contributed by atoms with E-state index in [1.165, 1.54) is 36.9 Å². The summed E-state index contributed by atoms with van der Waals surface area (Å²) in [6.07, 6.45) is 1.01. The summed E-state index contributed by atoms with van der Waals surface area (Å²) in [4.78, 5) is 24.2. The molecule has 0 fully saturated rings. The van der Waals surface area contributed by atoms with Crippen molar-refractivity contribution in [3.05, 3.63) is 54.0 Å². The molecule has 1 amide bonds. The quantitative estimate of drug-likeness (QED) is 0.641. The monoisotopic (exact) mass is 397 g/mol. The Morgan fingerprint density at radius 1 is 1.19 bits per heavy atom. The van der Waals surface area contributed by atoms with Crippen molar-refractivity contribution in [3.63, 3.8) is 0 Å². The molecule has 0 unspecified atom stereocenters. The van der Waals surface area contributed by atoms with Gasteiger partial charge in [-0.2, -0.15) is 18.3 Å². The normalized spacial score (nSPS) is 11.3. The Hall–Kier alpha value is -3.21. The molecule has 27 heavy (non-hydrogen) atoms. The van der Waals surface area contributed by atoms with Crippen LogP contribution in [0.2, 0.25) is 5.15 Å². The molecule has 0 aliphatic heterocycles. The van der Waals surface area contributed by atoms with Gasteiger partial charge in [-0.1, -0.05) is 11.6 Å². The van der Waals surface area contributed by atoms with Crippen molar-refractivity contribution < 1.29 is 18.0 Å². The second-order valence-electron chi connectivity index (χ2n) is 5.25. The maximum absolute atomic E-state index is 12.5. The lowest BCUT2D eigenvalue weighted by molar-refractivity contribution is -0.142. The molecular weight excluding hydrogens is 387 g/mol. The van der Waals surface area contributed by atoms with Crippen LogP contribution < -0.4 is 10.6 Å². The second kappa shape index (κ2) is 7.58. The number of carbonyl (C=O) groups is 1. The van der Waals surface area contributed by atoms with Gasteiger partial charge in [0.2, 0.25) is 0 Å². The highest BCUT2D eigenvalue weighted by Crippen LogP contribution is 2.22. The lowest BCUT2D eigenvalue weighted by Crippen LogP contribution is -2.19. The molecule has 3 aromatic rings. The molecule has 2 N–H and O–H groups in total. The summed E-state index contributed by atoms with van der Waals surface area (Å²) >= 11 is 5.86. The van der Waals surface area contributed by atoms with Gasteiger partial charge in [-0.3, -0.25) is 9.48 Å². The molecule has 12 heteroatoms. The Morgan fingerprint density at radius 3 is 2.63 bits per heavy atom. The molecule has 140 valence electrons. The van der Waals surface area contributed by atoms with Gasteiger partial charge in [0.15, 0.2) is 11.5 Å². The lowest BCUT2D eigenvalue weighted by Gasteiger charge is -2.10. The first-order chi connectivity index (χ1) is 12.8. The Morgan fingerprint density at radius 2 is 1.93 bits per heavy atom. The van der Waals surface area contributed by atoms with E-state index in [1.807, 2.05) is 0 Å². The van der Waals surface area contributed by atoms with Crippen LogP contribution in [0.1, 0.15) is 10.5 Å². The van der Waals surface area contributed by atoms with Gasteiger partial charge in [-0.25, -0.2) is 15.0 Å². The summed E-state index contributed by atoms with van der Waals surface area (Å²) in [5.74, 6) is -0.755. The largest absolute Gasteiger partial charge is 0.408 e. The molecule has 3 rings (SSSR count). The number of alkyl halides is 3. The van der Waals surface area contributed by atoms with Crippen molar-refractivity contribution in [2.75, 3.05) is 10.6 Å². The van der Waals surface area contributed by atoms with E-state index in [1.54, 1.807) is 0 Å². The summed E-state index contributed by atoms with van der Waals surface area (Å²) in [6, 6.07) is 4.24.